The fraction of sp³-hybridized carbons (Fsp3) is 0.364. The summed E-state index contributed by atoms with van der Waals surface area (Å²) in [5.41, 5.74) is 11.2. The summed E-state index contributed by atoms with van der Waals surface area (Å²) in [4.78, 5) is 10.6. The van der Waals surface area contributed by atoms with Gasteiger partial charge in [-0.15, -0.1) is 0 Å². The van der Waals surface area contributed by atoms with Crippen molar-refractivity contribution < 1.29 is 13.6 Å². The number of hydrogen-bond acceptors (Lipinski definition) is 2. The molecule has 0 spiro atoms. The van der Waals surface area contributed by atoms with Gasteiger partial charge in [0, 0.05) is 24.1 Å². The predicted molar refractivity (Wildman–Crippen MR) is 56.5 cm³/mol. The molecule has 0 bridgehead atoms. The third-order valence-corrected chi connectivity index (χ3v) is 2.38. The van der Waals surface area contributed by atoms with Gasteiger partial charge in [0.15, 0.2) is 0 Å². The summed E-state index contributed by atoms with van der Waals surface area (Å²) in [6, 6.07) is 1.51. The zero-order valence-electron chi connectivity index (χ0n) is 8.97. The van der Waals surface area contributed by atoms with Gasteiger partial charge in [-0.1, -0.05) is 0 Å². The van der Waals surface area contributed by atoms with Crippen molar-refractivity contribution in [1.29, 1.82) is 0 Å². The van der Waals surface area contributed by atoms with Gasteiger partial charge < -0.3 is 11.5 Å². The third-order valence-electron chi connectivity index (χ3n) is 2.38. The van der Waals surface area contributed by atoms with Crippen molar-refractivity contribution in [2.45, 2.75) is 25.8 Å². The van der Waals surface area contributed by atoms with Crippen LogP contribution in [0.25, 0.3) is 0 Å². The number of halogens is 2. The molecule has 1 rings (SSSR count). The minimum absolute atomic E-state index is 0.0804. The zero-order valence-corrected chi connectivity index (χ0v) is 8.97. The maximum Gasteiger partial charge on any atom is 0.217 e. The normalized spacial score (nSPS) is 12.5. The van der Waals surface area contributed by atoms with Gasteiger partial charge in [-0.25, -0.2) is 8.78 Å². The lowest BCUT2D eigenvalue weighted by atomic mass is 10.00. The first-order chi connectivity index (χ1) is 7.41. The molecular formula is C11H14F2N2O. The summed E-state index contributed by atoms with van der Waals surface area (Å²) in [7, 11) is 0. The second-order valence-corrected chi connectivity index (χ2v) is 3.73. The number of rotatable bonds is 4. The third kappa shape index (κ3) is 3.00. The lowest BCUT2D eigenvalue weighted by Gasteiger charge is -2.13. The molecule has 0 radical (unpaired) electrons. The fourth-order valence-corrected chi connectivity index (χ4v) is 1.42. The van der Waals surface area contributed by atoms with Crippen molar-refractivity contribution >= 4 is 5.91 Å². The highest BCUT2D eigenvalue weighted by Gasteiger charge is 2.14. The molecule has 5 heteroatoms. The molecule has 16 heavy (non-hydrogen) atoms. The van der Waals surface area contributed by atoms with E-state index in [4.69, 9.17) is 11.5 Å². The van der Waals surface area contributed by atoms with Gasteiger partial charge in [0.2, 0.25) is 5.91 Å². The largest absolute Gasteiger partial charge is 0.370 e. The molecule has 1 aromatic carbocycles. The first-order valence-corrected chi connectivity index (χ1v) is 4.91. The van der Waals surface area contributed by atoms with Crippen LogP contribution in [0.2, 0.25) is 0 Å². The molecule has 0 aliphatic rings. The molecule has 1 amide bonds. The Morgan fingerprint density at radius 1 is 1.38 bits per heavy atom. The second-order valence-electron chi connectivity index (χ2n) is 3.73. The van der Waals surface area contributed by atoms with E-state index in [0.29, 0.717) is 5.56 Å². The topological polar surface area (TPSA) is 69.1 Å². The van der Waals surface area contributed by atoms with Crippen molar-refractivity contribution in [3.8, 4) is 0 Å². The molecule has 1 unspecified atom stereocenters. The van der Waals surface area contributed by atoms with Crippen LogP contribution in [0.15, 0.2) is 12.1 Å². The Balaban J connectivity index is 2.86. The van der Waals surface area contributed by atoms with Crippen molar-refractivity contribution in [1.82, 2.24) is 0 Å². The highest BCUT2D eigenvalue weighted by Crippen LogP contribution is 2.22. The average Bonchev–Trinajstić information content (AvgIpc) is 2.20. The Morgan fingerprint density at radius 3 is 2.56 bits per heavy atom. The molecular weight excluding hydrogens is 214 g/mol. The molecule has 0 heterocycles. The number of hydrogen-bond donors (Lipinski definition) is 2. The van der Waals surface area contributed by atoms with Crippen LogP contribution in [0.3, 0.4) is 0 Å². The van der Waals surface area contributed by atoms with E-state index in [1.807, 2.05) is 0 Å². The van der Waals surface area contributed by atoms with E-state index in [2.05, 4.69) is 0 Å². The quantitative estimate of drug-likeness (QED) is 0.820. The van der Waals surface area contributed by atoms with E-state index >= 15 is 0 Å². The summed E-state index contributed by atoms with van der Waals surface area (Å²) in [5, 5.41) is 0. The summed E-state index contributed by atoms with van der Waals surface area (Å²) >= 11 is 0. The number of carbonyl (C=O) groups is 1. The van der Waals surface area contributed by atoms with Crippen LogP contribution in [-0.4, -0.2) is 5.91 Å². The molecule has 0 saturated heterocycles. The molecule has 0 saturated carbocycles. The van der Waals surface area contributed by atoms with Crippen LogP contribution in [0, 0.1) is 18.6 Å². The lowest BCUT2D eigenvalue weighted by molar-refractivity contribution is -0.118. The van der Waals surface area contributed by atoms with Gasteiger partial charge in [0.05, 0.1) is 0 Å². The maximum atomic E-state index is 13.4. The Bertz CT molecular complexity index is 407. The highest BCUT2D eigenvalue weighted by atomic mass is 19.1. The van der Waals surface area contributed by atoms with Crippen molar-refractivity contribution in [2.75, 3.05) is 0 Å². The van der Waals surface area contributed by atoms with E-state index in [1.54, 1.807) is 0 Å². The SMILES string of the molecule is Cc1cc(C(N)CCC(N)=O)c(F)cc1F. The molecule has 0 aliphatic carbocycles. The first kappa shape index (κ1) is 12.6. The van der Waals surface area contributed by atoms with E-state index < -0.39 is 23.6 Å². The predicted octanol–water partition coefficient (Wildman–Crippen LogP) is 1.54. The summed E-state index contributed by atoms with van der Waals surface area (Å²) in [6.45, 7) is 1.53. The zero-order chi connectivity index (χ0) is 12.3. The van der Waals surface area contributed by atoms with Crippen molar-refractivity contribution in [3.05, 3.63) is 34.9 Å². The Hall–Kier alpha value is -1.49. The molecule has 1 atom stereocenters. The van der Waals surface area contributed by atoms with Crippen LogP contribution < -0.4 is 11.5 Å². The van der Waals surface area contributed by atoms with Crippen LogP contribution in [-0.2, 0) is 4.79 Å². The number of carbonyl (C=O) groups excluding carboxylic acids is 1. The Morgan fingerprint density at radius 2 is 2.00 bits per heavy atom. The van der Waals surface area contributed by atoms with Gasteiger partial charge in [-0.3, -0.25) is 4.79 Å². The summed E-state index contributed by atoms with van der Waals surface area (Å²) in [6.07, 6.45) is 0.328. The Kier molecular flexibility index (Phi) is 3.95. The van der Waals surface area contributed by atoms with Gasteiger partial charge in [0.25, 0.3) is 0 Å². The smallest absolute Gasteiger partial charge is 0.217 e. The maximum absolute atomic E-state index is 13.4. The lowest BCUT2D eigenvalue weighted by Crippen LogP contribution is -2.17. The van der Waals surface area contributed by atoms with E-state index in [-0.39, 0.29) is 18.4 Å². The average molecular weight is 228 g/mol. The number of amides is 1. The molecule has 3 nitrogen and oxygen atoms in total. The molecule has 0 aliphatic heterocycles. The Labute approximate surface area is 92.4 Å². The van der Waals surface area contributed by atoms with Gasteiger partial charge in [0.1, 0.15) is 11.6 Å². The number of benzene rings is 1. The van der Waals surface area contributed by atoms with Crippen LogP contribution >= 0.6 is 0 Å². The van der Waals surface area contributed by atoms with Gasteiger partial charge in [-0.05, 0) is 25.0 Å². The van der Waals surface area contributed by atoms with Gasteiger partial charge >= 0.3 is 0 Å². The van der Waals surface area contributed by atoms with Crippen molar-refractivity contribution in [2.24, 2.45) is 11.5 Å². The molecule has 88 valence electrons. The number of nitrogens with two attached hydrogens (primary N) is 2. The minimum Gasteiger partial charge on any atom is -0.370 e. The fourth-order valence-electron chi connectivity index (χ4n) is 1.42. The van der Waals surface area contributed by atoms with E-state index in [0.717, 1.165) is 6.07 Å². The molecule has 4 N–H and O–H groups in total. The van der Waals surface area contributed by atoms with Crippen LogP contribution in [0.5, 0.6) is 0 Å². The van der Waals surface area contributed by atoms with Crippen molar-refractivity contribution in [3.63, 3.8) is 0 Å². The monoisotopic (exact) mass is 228 g/mol. The summed E-state index contributed by atoms with van der Waals surface area (Å²) < 4.78 is 26.4. The first-order valence-electron chi connectivity index (χ1n) is 4.91. The van der Waals surface area contributed by atoms with Crippen LogP contribution in [0.4, 0.5) is 8.78 Å². The molecule has 0 fully saturated rings. The minimum atomic E-state index is -0.694. The summed E-state index contributed by atoms with van der Waals surface area (Å²) in [5.74, 6) is -1.79. The second kappa shape index (κ2) is 5.03. The molecule has 0 aromatic heterocycles. The van der Waals surface area contributed by atoms with Crippen LogP contribution in [0.1, 0.15) is 30.0 Å². The van der Waals surface area contributed by atoms with Gasteiger partial charge in [-0.2, -0.15) is 0 Å². The number of aryl methyl sites for hydroxylation is 1. The number of primary amides is 1. The standard InChI is InChI=1S/C11H14F2N2O/c1-6-4-7(9(13)5-8(6)12)10(14)2-3-11(15)16/h4-5,10H,2-3,14H2,1H3,(H2,15,16). The highest BCUT2D eigenvalue weighted by molar-refractivity contribution is 5.73. The van der Waals surface area contributed by atoms with E-state index in [1.165, 1.54) is 13.0 Å². The van der Waals surface area contributed by atoms with E-state index in [9.17, 15) is 13.6 Å². The molecule has 1 aromatic rings.